The Labute approximate surface area is 109 Å². The highest BCUT2D eigenvalue weighted by Gasteiger charge is 2.17. The van der Waals surface area contributed by atoms with Crippen LogP contribution >= 0.6 is 10.7 Å². The van der Waals surface area contributed by atoms with Gasteiger partial charge in [-0.2, -0.15) is 0 Å². The lowest BCUT2D eigenvalue weighted by Crippen LogP contribution is -2.26. The molecule has 18 heavy (non-hydrogen) atoms. The number of halogens is 2. The number of carbonyl (C=O) groups excluding carboxylic acids is 1. The third-order valence-corrected chi connectivity index (χ3v) is 3.48. The highest BCUT2D eigenvalue weighted by Crippen LogP contribution is 2.19. The first-order valence-electron chi connectivity index (χ1n) is 4.87. The Balaban J connectivity index is 3.22. The molecule has 0 bridgehead atoms. The van der Waals surface area contributed by atoms with E-state index in [4.69, 9.17) is 10.7 Å². The van der Waals surface area contributed by atoms with E-state index in [1.165, 1.54) is 18.0 Å². The SMILES string of the molecule is C=CCN(C)C(=O)c1cc(F)cc(S(=O)(=O)Cl)c1. The van der Waals surface area contributed by atoms with Crippen LogP contribution in [0, 0.1) is 5.82 Å². The van der Waals surface area contributed by atoms with Gasteiger partial charge < -0.3 is 4.90 Å². The average molecular weight is 292 g/mol. The molecule has 4 nitrogen and oxygen atoms in total. The fourth-order valence-electron chi connectivity index (χ4n) is 1.32. The third-order valence-electron chi connectivity index (χ3n) is 2.15. The van der Waals surface area contributed by atoms with Crippen molar-refractivity contribution in [3.05, 3.63) is 42.2 Å². The Morgan fingerprint density at radius 2 is 2.11 bits per heavy atom. The van der Waals surface area contributed by atoms with Gasteiger partial charge in [-0.05, 0) is 18.2 Å². The van der Waals surface area contributed by atoms with Gasteiger partial charge in [0.25, 0.3) is 15.0 Å². The van der Waals surface area contributed by atoms with Gasteiger partial charge in [0.2, 0.25) is 0 Å². The summed E-state index contributed by atoms with van der Waals surface area (Å²) >= 11 is 0. The largest absolute Gasteiger partial charge is 0.338 e. The van der Waals surface area contributed by atoms with E-state index >= 15 is 0 Å². The zero-order valence-electron chi connectivity index (χ0n) is 9.56. The van der Waals surface area contributed by atoms with Crippen molar-refractivity contribution in [2.24, 2.45) is 0 Å². The number of benzene rings is 1. The first-order chi connectivity index (χ1) is 8.25. The molecule has 0 unspecified atom stereocenters. The summed E-state index contributed by atoms with van der Waals surface area (Å²) in [6, 6.07) is 2.74. The summed E-state index contributed by atoms with van der Waals surface area (Å²) in [4.78, 5) is 12.7. The molecule has 98 valence electrons. The first-order valence-corrected chi connectivity index (χ1v) is 7.18. The van der Waals surface area contributed by atoms with Crippen molar-refractivity contribution in [2.45, 2.75) is 4.90 Å². The number of amides is 1. The number of rotatable bonds is 4. The van der Waals surface area contributed by atoms with Gasteiger partial charge in [0.1, 0.15) is 5.82 Å². The highest BCUT2D eigenvalue weighted by molar-refractivity contribution is 8.13. The van der Waals surface area contributed by atoms with Crippen LogP contribution in [-0.4, -0.2) is 32.8 Å². The number of likely N-dealkylation sites (N-methyl/N-ethyl adjacent to an activating group) is 1. The summed E-state index contributed by atoms with van der Waals surface area (Å²) < 4.78 is 35.5. The van der Waals surface area contributed by atoms with Crippen LogP contribution in [0.2, 0.25) is 0 Å². The van der Waals surface area contributed by atoms with Crippen molar-refractivity contribution in [2.75, 3.05) is 13.6 Å². The maximum atomic E-state index is 13.3. The summed E-state index contributed by atoms with van der Waals surface area (Å²) in [6.45, 7) is 3.73. The molecule has 0 saturated carbocycles. The quantitative estimate of drug-likeness (QED) is 0.630. The molecule has 0 fully saturated rings. The second-order valence-corrected chi connectivity index (χ2v) is 6.15. The molecule has 0 saturated heterocycles. The zero-order valence-corrected chi connectivity index (χ0v) is 11.1. The van der Waals surface area contributed by atoms with E-state index in [-0.39, 0.29) is 12.1 Å². The van der Waals surface area contributed by atoms with Crippen LogP contribution in [0.3, 0.4) is 0 Å². The number of nitrogens with zero attached hydrogens (tertiary/aromatic N) is 1. The highest BCUT2D eigenvalue weighted by atomic mass is 35.7. The molecule has 1 aromatic carbocycles. The lowest BCUT2D eigenvalue weighted by Gasteiger charge is -2.15. The van der Waals surface area contributed by atoms with E-state index in [0.717, 1.165) is 18.2 Å². The van der Waals surface area contributed by atoms with Gasteiger partial charge in [-0.3, -0.25) is 4.79 Å². The predicted octanol–water partition coefficient (Wildman–Crippen LogP) is 2.01. The van der Waals surface area contributed by atoms with Gasteiger partial charge in [0, 0.05) is 29.8 Å². The van der Waals surface area contributed by atoms with Gasteiger partial charge in [0.15, 0.2) is 0 Å². The Bertz CT molecular complexity index is 586. The van der Waals surface area contributed by atoms with Crippen LogP contribution in [0.25, 0.3) is 0 Å². The third kappa shape index (κ3) is 3.54. The minimum Gasteiger partial charge on any atom is -0.338 e. The molecule has 1 rings (SSSR count). The Hall–Kier alpha value is -1.40. The standard InChI is InChI=1S/C11H11ClFNO3S/c1-3-4-14(2)11(15)8-5-9(13)7-10(6-8)18(12,16)17/h3,5-7H,1,4H2,2H3. The maximum Gasteiger partial charge on any atom is 0.261 e. The minimum atomic E-state index is -4.08. The maximum absolute atomic E-state index is 13.3. The fourth-order valence-corrected chi connectivity index (χ4v) is 2.11. The van der Waals surface area contributed by atoms with Crippen molar-refractivity contribution in [1.29, 1.82) is 0 Å². The van der Waals surface area contributed by atoms with Crippen LogP contribution in [0.4, 0.5) is 4.39 Å². The second-order valence-electron chi connectivity index (χ2n) is 3.59. The van der Waals surface area contributed by atoms with E-state index in [1.807, 2.05) is 0 Å². The summed E-state index contributed by atoms with van der Waals surface area (Å²) in [6.07, 6.45) is 1.50. The van der Waals surface area contributed by atoms with E-state index in [2.05, 4.69) is 6.58 Å². The van der Waals surface area contributed by atoms with Crippen LogP contribution in [-0.2, 0) is 9.05 Å². The molecule has 0 aliphatic heterocycles. The molecule has 1 aromatic rings. The van der Waals surface area contributed by atoms with E-state index in [9.17, 15) is 17.6 Å². The number of hydrogen-bond donors (Lipinski definition) is 0. The summed E-state index contributed by atoms with van der Waals surface area (Å²) in [7, 11) is 2.52. The van der Waals surface area contributed by atoms with Gasteiger partial charge in [0.05, 0.1) is 4.90 Å². The van der Waals surface area contributed by atoms with Crippen LogP contribution in [0.5, 0.6) is 0 Å². The molecule has 0 heterocycles. The smallest absolute Gasteiger partial charge is 0.261 e. The summed E-state index contributed by atoms with van der Waals surface area (Å²) in [5, 5.41) is 0. The van der Waals surface area contributed by atoms with Crippen molar-refractivity contribution >= 4 is 25.6 Å². The Kier molecular flexibility index (Phi) is 4.48. The van der Waals surface area contributed by atoms with Crippen LogP contribution in [0.15, 0.2) is 35.7 Å². The minimum absolute atomic E-state index is 0.0847. The Morgan fingerprint density at radius 3 is 2.61 bits per heavy atom. The summed E-state index contributed by atoms with van der Waals surface area (Å²) in [5.74, 6) is -1.36. The lowest BCUT2D eigenvalue weighted by atomic mass is 10.2. The van der Waals surface area contributed by atoms with Crippen molar-refractivity contribution in [3.63, 3.8) is 0 Å². The Morgan fingerprint density at radius 1 is 1.50 bits per heavy atom. The fraction of sp³-hybridized carbons (Fsp3) is 0.182. The van der Waals surface area contributed by atoms with E-state index < -0.39 is 25.7 Å². The van der Waals surface area contributed by atoms with Gasteiger partial charge in [-0.1, -0.05) is 6.08 Å². The van der Waals surface area contributed by atoms with E-state index in [1.54, 1.807) is 0 Å². The first kappa shape index (κ1) is 14.7. The van der Waals surface area contributed by atoms with Gasteiger partial charge in [-0.25, -0.2) is 12.8 Å². The topological polar surface area (TPSA) is 54.5 Å². The molecule has 0 N–H and O–H groups in total. The molecule has 0 aromatic heterocycles. The second kappa shape index (κ2) is 5.49. The molecule has 7 heteroatoms. The molecule has 0 atom stereocenters. The van der Waals surface area contributed by atoms with Crippen LogP contribution in [0.1, 0.15) is 10.4 Å². The molecule has 1 amide bonds. The van der Waals surface area contributed by atoms with Crippen molar-refractivity contribution < 1.29 is 17.6 Å². The number of carbonyl (C=O) groups is 1. The monoisotopic (exact) mass is 291 g/mol. The molecular formula is C11H11ClFNO3S. The molecular weight excluding hydrogens is 281 g/mol. The molecule has 0 radical (unpaired) electrons. The van der Waals surface area contributed by atoms with Crippen molar-refractivity contribution in [1.82, 2.24) is 4.90 Å². The molecule has 0 aliphatic rings. The van der Waals surface area contributed by atoms with E-state index in [0.29, 0.717) is 0 Å². The zero-order chi connectivity index (χ0) is 13.9. The van der Waals surface area contributed by atoms with Crippen LogP contribution < -0.4 is 0 Å². The van der Waals surface area contributed by atoms with Gasteiger partial charge in [-0.15, -0.1) is 6.58 Å². The summed E-state index contributed by atoms with van der Waals surface area (Å²) in [5.41, 5.74) is -0.0847. The predicted molar refractivity (Wildman–Crippen MR) is 66.6 cm³/mol. The average Bonchev–Trinajstić information content (AvgIpc) is 2.26. The number of hydrogen-bond acceptors (Lipinski definition) is 3. The van der Waals surface area contributed by atoms with Crippen molar-refractivity contribution in [3.8, 4) is 0 Å². The lowest BCUT2D eigenvalue weighted by molar-refractivity contribution is 0.0809. The molecule has 0 spiro atoms. The molecule has 0 aliphatic carbocycles. The van der Waals surface area contributed by atoms with Gasteiger partial charge >= 0.3 is 0 Å². The normalized spacial score (nSPS) is 11.1.